The molecule has 0 unspecified atom stereocenters. The normalized spacial score (nSPS) is 14.1. The molecule has 0 fully saturated rings. The van der Waals surface area contributed by atoms with Crippen LogP contribution in [0, 0.1) is 0 Å². The van der Waals surface area contributed by atoms with Crippen LogP contribution in [0.4, 0.5) is 30.7 Å². The van der Waals surface area contributed by atoms with E-state index in [4.69, 9.17) is 0 Å². The predicted octanol–water partition coefficient (Wildman–Crippen LogP) is 4.92. The molecule has 0 saturated heterocycles. The van der Waals surface area contributed by atoms with Crippen LogP contribution >= 0.6 is 0 Å². The number of rotatable bonds is 4. The van der Waals surface area contributed by atoms with Gasteiger partial charge in [-0.15, -0.1) is 0 Å². The second-order valence-corrected chi connectivity index (χ2v) is 3.79. The Morgan fingerprint density at radius 1 is 0.842 bits per heavy atom. The van der Waals surface area contributed by atoms with Gasteiger partial charge >= 0.3 is 18.0 Å². The van der Waals surface area contributed by atoms with Crippen molar-refractivity contribution in [2.75, 3.05) is 0 Å². The van der Waals surface area contributed by atoms with Crippen molar-refractivity contribution in [3.63, 3.8) is 0 Å². The summed E-state index contributed by atoms with van der Waals surface area (Å²) in [5, 5.41) is 0. The Balaban J connectivity index is 2.78. The molecule has 0 spiro atoms. The highest BCUT2D eigenvalue weighted by Gasteiger charge is 2.72. The van der Waals surface area contributed by atoms with E-state index in [0.717, 1.165) is 6.08 Å². The molecule has 1 aromatic rings. The largest absolute Gasteiger partial charge is 0.459 e. The minimum atomic E-state index is -6.28. The summed E-state index contributed by atoms with van der Waals surface area (Å²) in [6.07, 6.45) is -6.33. The molecule has 19 heavy (non-hydrogen) atoms. The van der Waals surface area contributed by atoms with Crippen LogP contribution in [0.2, 0.25) is 0 Å². The summed E-state index contributed by atoms with van der Waals surface area (Å²) in [4.78, 5) is 0. The molecule has 106 valence electrons. The van der Waals surface area contributed by atoms with Crippen molar-refractivity contribution in [3.8, 4) is 0 Å². The molecule has 0 heterocycles. The summed E-state index contributed by atoms with van der Waals surface area (Å²) in [6.45, 7) is 0. The van der Waals surface area contributed by atoms with Crippen LogP contribution in [0.25, 0.3) is 6.08 Å². The number of allylic oxidation sites excluding steroid dienone is 1. The number of hydrogen-bond donors (Lipinski definition) is 0. The topological polar surface area (TPSA) is 0 Å². The average molecular weight is 286 g/mol. The molecule has 0 bridgehead atoms. The van der Waals surface area contributed by atoms with E-state index in [2.05, 4.69) is 0 Å². The number of benzene rings is 1. The third kappa shape index (κ3) is 3.48. The summed E-state index contributed by atoms with van der Waals surface area (Å²) < 4.78 is 86.3. The van der Waals surface area contributed by atoms with Crippen LogP contribution < -0.4 is 0 Å². The van der Waals surface area contributed by atoms with Crippen molar-refractivity contribution in [2.24, 2.45) is 0 Å². The molecule has 7 heteroatoms. The van der Waals surface area contributed by atoms with Gasteiger partial charge in [-0.25, -0.2) is 0 Å². The first-order valence-electron chi connectivity index (χ1n) is 5.12. The minimum Gasteiger partial charge on any atom is -0.199 e. The number of alkyl halides is 7. The Kier molecular flexibility index (Phi) is 4.27. The maximum absolute atomic E-state index is 12.9. The molecule has 0 aromatic heterocycles. The van der Waals surface area contributed by atoms with Gasteiger partial charge in [0.1, 0.15) is 0 Å². The van der Waals surface area contributed by atoms with Crippen LogP contribution in [-0.2, 0) is 0 Å². The Bertz CT molecular complexity index is 431. The molecule has 0 N–H and O–H groups in total. The Labute approximate surface area is 104 Å². The zero-order valence-electron chi connectivity index (χ0n) is 9.39. The second kappa shape index (κ2) is 5.22. The van der Waals surface area contributed by atoms with Crippen molar-refractivity contribution >= 4 is 6.08 Å². The SMILES string of the molecule is FC(F)(F)C(F)(F)C(F)(F)CC=Cc1ccccc1. The van der Waals surface area contributed by atoms with Gasteiger partial charge in [-0.2, -0.15) is 30.7 Å². The molecule has 0 amide bonds. The Hall–Kier alpha value is -1.53. The van der Waals surface area contributed by atoms with Gasteiger partial charge in [-0.1, -0.05) is 42.5 Å². The number of hydrogen-bond acceptors (Lipinski definition) is 0. The lowest BCUT2D eigenvalue weighted by Crippen LogP contribution is -2.51. The summed E-state index contributed by atoms with van der Waals surface area (Å²) in [5.74, 6) is -11.2. The molecule has 1 aromatic carbocycles. The maximum Gasteiger partial charge on any atom is 0.459 e. The molecule has 0 aliphatic carbocycles. The quantitative estimate of drug-likeness (QED) is 0.689. The lowest BCUT2D eigenvalue weighted by molar-refractivity contribution is -0.353. The molecule has 0 atom stereocenters. The molecular formula is C12H9F7. The third-order valence-corrected chi connectivity index (χ3v) is 2.30. The summed E-state index contributed by atoms with van der Waals surface area (Å²) in [5.41, 5.74) is 0.425. The fraction of sp³-hybridized carbons (Fsp3) is 0.333. The Morgan fingerprint density at radius 3 is 1.84 bits per heavy atom. The van der Waals surface area contributed by atoms with Crippen molar-refractivity contribution in [1.82, 2.24) is 0 Å². The fourth-order valence-corrected chi connectivity index (χ4v) is 1.24. The number of halogens is 7. The first-order chi connectivity index (χ1) is 8.58. The van der Waals surface area contributed by atoms with Crippen LogP contribution in [-0.4, -0.2) is 18.0 Å². The van der Waals surface area contributed by atoms with E-state index < -0.39 is 24.4 Å². The van der Waals surface area contributed by atoms with Crippen LogP contribution in [0.5, 0.6) is 0 Å². The summed E-state index contributed by atoms with van der Waals surface area (Å²) in [6, 6.07) is 7.78. The highest BCUT2D eigenvalue weighted by atomic mass is 19.4. The lowest BCUT2D eigenvalue weighted by atomic mass is 10.1. The van der Waals surface area contributed by atoms with Crippen LogP contribution in [0.3, 0.4) is 0 Å². The van der Waals surface area contributed by atoms with E-state index in [0.29, 0.717) is 11.6 Å². The van der Waals surface area contributed by atoms with Gasteiger partial charge in [-0.05, 0) is 5.56 Å². The highest BCUT2D eigenvalue weighted by molar-refractivity contribution is 5.48. The van der Waals surface area contributed by atoms with Gasteiger partial charge in [0, 0.05) is 6.42 Å². The molecular weight excluding hydrogens is 277 g/mol. The smallest absolute Gasteiger partial charge is 0.199 e. The van der Waals surface area contributed by atoms with Gasteiger partial charge in [0.15, 0.2) is 0 Å². The van der Waals surface area contributed by atoms with E-state index in [1.165, 1.54) is 12.1 Å². The average Bonchev–Trinajstić information content (AvgIpc) is 2.28. The summed E-state index contributed by atoms with van der Waals surface area (Å²) >= 11 is 0. The summed E-state index contributed by atoms with van der Waals surface area (Å²) in [7, 11) is 0. The first kappa shape index (κ1) is 15.5. The molecule has 0 aliphatic heterocycles. The molecule has 0 radical (unpaired) electrons. The zero-order valence-corrected chi connectivity index (χ0v) is 9.39. The monoisotopic (exact) mass is 286 g/mol. The van der Waals surface area contributed by atoms with Crippen molar-refractivity contribution in [1.29, 1.82) is 0 Å². The molecule has 0 nitrogen and oxygen atoms in total. The lowest BCUT2D eigenvalue weighted by Gasteiger charge is -2.27. The predicted molar refractivity (Wildman–Crippen MR) is 56.0 cm³/mol. The molecule has 0 saturated carbocycles. The third-order valence-electron chi connectivity index (χ3n) is 2.30. The van der Waals surface area contributed by atoms with Gasteiger partial charge < -0.3 is 0 Å². The highest BCUT2D eigenvalue weighted by Crippen LogP contribution is 2.48. The van der Waals surface area contributed by atoms with E-state index in [-0.39, 0.29) is 0 Å². The van der Waals surface area contributed by atoms with Crippen LogP contribution in [0.1, 0.15) is 12.0 Å². The van der Waals surface area contributed by atoms with Crippen molar-refractivity contribution in [2.45, 2.75) is 24.4 Å². The van der Waals surface area contributed by atoms with E-state index in [1.807, 2.05) is 0 Å². The van der Waals surface area contributed by atoms with E-state index in [1.54, 1.807) is 18.2 Å². The van der Waals surface area contributed by atoms with Crippen molar-refractivity contribution in [3.05, 3.63) is 42.0 Å². The van der Waals surface area contributed by atoms with Gasteiger partial charge in [0.05, 0.1) is 0 Å². The molecule has 0 aliphatic rings. The maximum atomic E-state index is 12.9. The van der Waals surface area contributed by atoms with Crippen LogP contribution in [0.15, 0.2) is 36.4 Å². The van der Waals surface area contributed by atoms with E-state index in [9.17, 15) is 30.7 Å². The van der Waals surface area contributed by atoms with Gasteiger partial charge in [0.2, 0.25) is 0 Å². The first-order valence-corrected chi connectivity index (χ1v) is 5.12. The Morgan fingerprint density at radius 2 is 1.37 bits per heavy atom. The van der Waals surface area contributed by atoms with E-state index >= 15 is 0 Å². The minimum absolute atomic E-state index is 0.425. The standard InChI is InChI=1S/C12H9F7/c13-10(14,11(15,16)12(17,18)19)8-4-7-9-5-2-1-3-6-9/h1-7H,8H2. The fourth-order valence-electron chi connectivity index (χ4n) is 1.24. The van der Waals surface area contributed by atoms with Gasteiger partial charge in [-0.3, -0.25) is 0 Å². The second-order valence-electron chi connectivity index (χ2n) is 3.79. The van der Waals surface area contributed by atoms with Gasteiger partial charge in [0.25, 0.3) is 0 Å². The molecule has 1 rings (SSSR count). The zero-order chi connectivity index (χ0) is 14.7. The van der Waals surface area contributed by atoms with Crippen molar-refractivity contribution < 1.29 is 30.7 Å².